The van der Waals surface area contributed by atoms with Gasteiger partial charge in [0.2, 0.25) is 0 Å². The lowest BCUT2D eigenvalue weighted by atomic mass is 10.1. The van der Waals surface area contributed by atoms with Crippen LogP contribution in [0.2, 0.25) is 5.02 Å². The molecule has 0 aliphatic heterocycles. The maximum absolute atomic E-state index is 13.8. The van der Waals surface area contributed by atoms with Crippen LogP contribution in [0.5, 0.6) is 11.8 Å². The molecular weight excluding hydrogens is 517 g/mol. The van der Waals surface area contributed by atoms with Gasteiger partial charge in [-0.3, -0.25) is 9.36 Å². The Morgan fingerprint density at radius 3 is 2.43 bits per heavy atom. The number of nitrogens with one attached hydrogen (secondary N) is 1. The van der Waals surface area contributed by atoms with Crippen molar-refractivity contribution in [3.8, 4) is 11.8 Å². The average molecular weight is 544 g/mol. The number of rotatable bonds is 10. The van der Waals surface area contributed by atoms with Crippen molar-refractivity contribution in [3.63, 3.8) is 0 Å². The summed E-state index contributed by atoms with van der Waals surface area (Å²) in [6.07, 6.45) is 0. The van der Waals surface area contributed by atoms with E-state index >= 15 is 0 Å². The molecule has 0 aliphatic rings. The lowest BCUT2D eigenvalue weighted by Gasteiger charge is -2.28. The molecule has 0 saturated heterocycles. The van der Waals surface area contributed by atoms with Gasteiger partial charge in [0.1, 0.15) is 5.75 Å². The highest BCUT2D eigenvalue weighted by Gasteiger charge is 2.39. The number of fused-ring (bicyclic) bond motifs is 1. The lowest BCUT2D eigenvalue weighted by molar-refractivity contribution is 0.0934. The van der Waals surface area contributed by atoms with Gasteiger partial charge in [-0.25, -0.2) is 4.98 Å². The first-order chi connectivity index (χ1) is 17.8. The van der Waals surface area contributed by atoms with E-state index in [4.69, 9.17) is 25.4 Å². The van der Waals surface area contributed by atoms with Crippen molar-refractivity contribution in [1.29, 1.82) is 0 Å². The van der Waals surface area contributed by atoms with Gasteiger partial charge in [-0.05, 0) is 52.0 Å². The number of nitrogens with zero attached hydrogens (tertiary/aromatic N) is 4. The predicted octanol–water partition coefficient (Wildman–Crippen LogP) is 5.88. The quantitative estimate of drug-likeness (QED) is 0.246. The number of hydrogen-bond donors (Lipinski definition) is 1. The minimum Gasteiger partial charge on any atom is -0.422 e. The molecule has 37 heavy (non-hydrogen) atoms. The largest absolute Gasteiger partial charge is 0.422 e. The van der Waals surface area contributed by atoms with E-state index in [0.29, 0.717) is 16.4 Å². The second-order valence-corrected chi connectivity index (χ2v) is 10.5. The second-order valence-electron chi connectivity index (χ2n) is 8.02. The first-order valence-corrected chi connectivity index (χ1v) is 13.7. The summed E-state index contributed by atoms with van der Waals surface area (Å²) in [6.45, 7) is 7.35. The van der Waals surface area contributed by atoms with Crippen LogP contribution in [0.25, 0.3) is 5.78 Å². The van der Waals surface area contributed by atoms with Gasteiger partial charge in [0.05, 0.1) is 18.8 Å². The molecule has 2 aromatic carbocycles. The molecule has 0 saturated carbocycles. The molecule has 2 heterocycles. The predicted molar refractivity (Wildman–Crippen MR) is 139 cm³/mol. The van der Waals surface area contributed by atoms with E-state index in [2.05, 4.69) is 20.4 Å². The van der Waals surface area contributed by atoms with Crippen LogP contribution >= 0.6 is 19.2 Å². The number of carbonyl (C=O) groups is 1. The molecular formula is C25H27ClN5O5P. The third-order valence-electron chi connectivity index (χ3n) is 5.33. The van der Waals surface area contributed by atoms with E-state index in [-0.39, 0.29) is 30.5 Å². The molecule has 0 aliphatic carbocycles. The fourth-order valence-electron chi connectivity index (χ4n) is 3.80. The van der Waals surface area contributed by atoms with E-state index in [1.165, 1.54) is 0 Å². The van der Waals surface area contributed by atoms with Crippen LogP contribution < -0.4 is 10.1 Å². The van der Waals surface area contributed by atoms with Crippen LogP contribution in [-0.4, -0.2) is 38.7 Å². The maximum Gasteiger partial charge on any atom is 0.357 e. The zero-order valence-corrected chi connectivity index (χ0v) is 22.5. The second kappa shape index (κ2) is 11.4. The highest BCUT2D eigenvalue weighted by molar-refractivity contribution is 7.54. The number of aryl methyl sites for hydroxylation is 2. The summed E-state index contributed by atoms with van der Waals surface area (Å²) in [4.78, 5) is 22.2. The van der Waals surface area contributed by atoms with Crippen molar-refractivity contribution >= 4 is 30.9 Å². The summed E-state index contributed by atoms with van der Waals surface area (Å²) in [6, 6.07) is 15.3. The Labute approximate surface area is 219 Å². The van der Waals surface area contributed by atoms with Crippen LogP contribution in [0, 0.1) is 13.8 Å². The van der Waals surface area contributed by atoms with Gasteiger partial charge >= 0.3 is 13.6 Å². The highest BCUT2D eigenvalue weighted by atomic mass is 35.5. The molecule has 0 radical (unpaired) electrons. The third-order valence-corrected chi connectivity index (χ3v) is 7.95. The first-order valence-electron chi connectivity index (χ1n) is 11.7. The topological polar surface area (TPSA) is 117 Å². The molecule has 0 bridgehead atoms. The monoisotopic (exact) mass is 543 g/mol. The molecule has 1 amide bonds. The van der Waals surface area contributed by atoms with E-state index in [9.17, 15) is 9.36 Å². The molecule has 12 heteroatoms. The Balaban J connectivity index is 1.69. The number of ether oxygens (including phenoxy) is 1. The van der Waals surface area contributed by atoms with Crippen molar-refractivity contribution in [2.45, 2.75) is 33.5 Å². The van der Waals surface area contributed by atoms with Gasteiger partial charge in [0.25, 0.3) is 11.7 Å². The van der Waals surface area contributed by atoms with Crippen LogP contribution in [0.1, 0.15) is 46.9 Å². The molecule has 4 aromatic rings. The molecule has 1 unspecified atom stereocenters. The summed E-state index contributed by atoms with van der Waals surface area (Å²) in [7, 11) is -3.86. The fraction of sp³-hybridized carbons (Fsp3) is 0.280. The van der Waals surface area contributed by atoms with Gasteiger partial charge in [-0.2, -0.15) is 9.50 Å². The Morgan fingerprint density at radius 1 is 1.05 bits per heavy atom. The molecule has 1 atom stereocenters. The van der Waals surface area contributed by atoms with E-state index in [1.54, 1.807) is 66.9 Å². The zero-order valence-electron chi connectivity index (χ0n) is 20.8. The van der Waals surface area contributed by atoms with Crippen molar-refractivity contribution < 1.29 is 23.1 Å². The van der Waals surface area contributed by atoms with Crippen LogP contribution in [0.4, 0.5) is 0 Å². The summed E-state index contributed by atoms with van der Waals surface area (Å²) in [5, 5.41) is 7.45. The number of carbonyl (C=O) groups excluding carboxylic acids is 1. The Bertz CT molecular complexity index is 1470. The van der Waals surface area contributed by atoms with Gasteiger partial charge in [0, 0.05) is 22.0 Å². The summed E-state index contributed by atoms with van der Waals surface area (Å²) in [5.41, 5.74) is 2.20. The third kappa shape index (κ3) is 5.83. The zero-order chi connectivity index (χ0) is 26.6. The summed E-state index contributed by atoms with van der Waals surface area (Å²) >= 11 is 6.42. The van der Waals surface area contributed by atoms with Crippen LogP contribution in [-0.2, 0) is 13.6 Å². The number of para-hydroxylation sites is 1. The van der Waals surface area contributed by atoms with Crippen LogP contribution in [0.3, 0.4) is 0 Å². The fourth-order valence-corrected chi connectivity index (χ4v) is 6.06. The minimum absolute atomic E-state index is 0.0263. The minimum atomic E-state index is -3.86. The van der Waals surface area contributed by atoms with Crippen molar-refractivity contribution in [2.75, 3.05) is 13.2 Å². The Hall–Kier alpha value is -3.30. The highest BCUT2D eigenvalue weighted by Crippen LogP contribution is 2.60. The SMILES string of the molecule is CCOP(=O)(OCC)C(NC(=O)c1ccccc1Oc1nc2nc(C)cc(C)n2n1)c1ccccc1Cl. The van der Waals surface area contributed by atoms with Gasteiger partial charge in [-0.1, -0.05) is 41.9 Å². The molecule has 2 aromatic heterocycles. The van der Waals surface area contributed by atoms with Gasteiger partial charge in [-0.15, -0.1) is 5.10 Å². The Kier molecular flexibility index (Phi) is 8.24. The van der Waals surface area contributed by atoms with Gasteiger partial charge < -0.3 is 19.1 Å². The lowest BCUT2D eigenvalue weighted by Crippen LogP contribution is -2.30. The molecule has 194 valence electrons. The van der Waals surface area contributed by atoms with Crippen molar-refractivity contribution in [2.24, 2.45) is 0 Å². The number of amides is 1. The number of benzene rings is 2. The maximum atomic E-state index is 13.8. The smallest absolute Gasteiger partial charge is 0.357 e. The standard InChI is InChI=1S/C25H27ClN5O5P/c1-5-34-37(33,35-6-2)23(18-11-7-9-13-20(18)26)28-22(32)19-12-8-10-14-21(19)36-25-29-24-27-16(3)15-17(4)31(24)30-25/h7-15,23H,5-6H2,1-4H3,(H,28,32). The van der Waals surface area contributed by atoms with E-state index in [1.807, 2.05) is 19.9 Å². The molecule has 10 nitrogen and oxygen atoms in total. The van der Waals surface area contributed by atoms with Crippen molar-refractivity contribution in [3.05, 3.63) is 82.1 Å². The summed E-state index contributed by atoms with van der Waals surface area (Å²) in [5.74, 6) is -1.16. The first kappa shape index (κ1) is 26.8. The normalized spacial score (nSPS) is 12.5. The Morgan fingerprint density at radius 2 is 1.73 bits per heavy atom. The molecule has 0 spiro atoms. The van der Waals surface area contributed by atoms with Crippen molar-refractivity contribution in [1.82, 2.24) is 24.9 Å². The number of hydrogen-bond acceptors (Lipinski definition) is 8. The molecule has 1 N–H and O–H groups in total. The van der Waals surface area contributed by atoms with Crippen LogP contribution in [0.15, 0.2) is 54.6 Å². The van der Waals surface area contributed by atoms with Gasteiger partial charge in [0.15, 0.2) is 5.78 Å². The number of halogens is 1. The average Bonchev–Trinajstić information content (AvgIpc) is 3.26. The molecule has 0 fully saturated rings. The molecule has 4 rings (SSSR count). The number of aromatic nitrogens is 4. The van der Waals surface area contributed by atoms with E-state index in [0.717, 1.165) is 11.4 Å². The summed E-state index contributed by atoms with van der Waals surface area (Å²) < 4.78 is 32.4. The van der Waals surface area contributed by atoms with E-state index < -0.39 is 19.3 Å².